The molecule has 4 nitrogen and oxygen atoms in total. The van der Waals surface area contributed by atoms with E-state index in [0.29, 0.717) is 27.8 Å². The lowest BCUT2D eigenvalue weighted by atomic mass is 10.0. The number of phenolic OH excluding ortho intramolecular Hbond substituents is 1. The van der Waals surface area contributed by atoms with E-state index in [0.717, 1.165) is 0 Å². The molecule has 0 saturated carbocycles. The summed E-state index contributed by atoms with van der Waals surface area (Å²) in [5.74, 6) is -0.202. The van der Waals surface area contributed by atoms with Crippen molar-refractivity contribution in [2.75, 3.05) is 5.73 Å². The van der Waals surface area contributed by atoms with E-state index in [2.05, 4.69) is 9.97 Å². The lowest BCUT2D eigenvalue weighted by Crippen LogP contribution is -1.95. The summed E-state index contributed by atoms with van der Waals surface area (Å²) in [7, 11) is 0. The van der Waals surface area contributed by atoms with Crippen LogP contribution in [0, 0.1) is 5.82 Å². The summed E-state index contributed by atoms with van der Waals surface area (Å²) in [6.45, 7) is 0. The average molecular weight is 290 g/mol. The number of benzene rings is 2. The monoisotopic (exact) mass is 289 g/mol. The third-order valence-electron chi connectivity index (χ3n) is 3.02. The van der Waals surface area contributed by atoms with Crippen molar-refractivity contribution in [3.63, 3.8) is 0 Å². The van der Waals surface area contributed by atoms with Gasteiger partial charge in [0.05, 0.1) is 16.1 Å². The van der Waals surface area contributed by atoms with Crippen LogP contribution in [0.2, 0.25) is 5.02 Å². The van der Waals surface area contributed by atoms with Gasteiger partial charge in [-0.15, -0.1) is 0 Å². The Kier molecular flexibility index (Phi) is 2.91. The van der Waals surface area contributed by atoms with E-state index < -0.39 is 5.82 Å². The van der Waals surface area contributed by atoms with Gasteiger partial charge in [-0.1, -0.05) is 17.7 Å². The van der Waals surface area contributed by atoms with Gasteiger partial charge in [-0.05, 0) is 29.8 Å². The maximum atomic E-state index is 13.3. The van der Waals surface area contributed by atoms with E-state index in [1.165, 1.54) is 30.6 Å². The maximum absolute atomic E-state index is 13.3. The van der Waals surface area contributed by atoms with Crippen LogP contribution in [-0.2, 0) is 0 Å². The normalized spacial score (nSPS) is 10.9. The number of nitrogens with zero attached hydrogens (tertiary/aromatic N) is 2. The minimum Gasteiger partial charge on any atom is -0.507 e. The third kappa shape index (κ3) is 1.92. The zero-order chi connectivity index (χ0) is 14.3. The number of aromatic hydroxyl groups is 1. The number of hydrogen-bond donors (Lipinski definition) is 2. The number of hydrogen-bond acceptors (Lipinski definition) is 4. The summed E-state index contributed by atoms with van der Waals surface area (Å²) in [5.41, 5.74) is 7.27. The number of aromatic nitrogens is 2. The van der Waals surface area contributed by atoms with Gasteiger partial charge >= 0.3 is 0 Å². The van der Waals surface area contributed by atoms with Crippen molar-refractivity contribution < 1.29 is 9.50 Å². The molecule has 2 aromatic carbocycles. The summed E-state index contributed by atoms with van der Waals surface area (Å²) in [6, 6.07) is 7.32. The van der Waals surface area contributed by atoms with Crippen LogP contribution in [0.4, 0.5) is 10.2 Å². The Hall–Kier alpha value is -2.40. The molecule has 3 rings (SSSR count). The smallest absolute Gasteiger partial charge is 0.141 e. The number of halogens is 2. The third-order valence-corrected chi connectivity index (χ3v) is 3.31. The number of anilines is 1. The molecular weight excluding hydrogens is 281 g/mol. The highest BCUT2D eigenvalue weighted by Gasteiger charge is 2.14. The molecule has 20 heavy (non-hydrogen) atoms. The van der Waals surface area contributed by atoms with Gasteiger partial charge in [0.2, 0.25) is 0 Å². The Morgan fingerprint density at radius 3 is 2.70 bits per heavy atom. The minimum atomic E-state index is -0.524. The highest BCUT2D eigenvalue weighted by molar-refractivity contribution is 6.31. The first-order chi connectivity index (χ1) is 9.58. The zero-order valence-electron chi connectivity index (χ0n) is 10.1. The molecule has 0 aliphatic heterocycles. The van der Waals surface area contributed by atoms with Gasteiger partial charge in [-0.3, -0.25) is 0 Å². The van der Waals surface area contributed by atoms with Crippen LogP contribution in [-0.4, -0.2) is 15.1 Å². The van der Waals surface area contributed by atoms with Crippen molar-refractivity contribution in [2.24, 2.45) is 0 Å². The van der Waals surface area contributed by atoms with Gasteiger partial charge in [-0.2, -0.15) is 0 Å². The Labute approximate surface area is 118 Å². The van der Waals surface area contributed by atoms with Crippen LogP contribution in [0.25, 0.3) is 22.0 Å². The molecule has 100 valence electrons. The fraction of sp³-hybridized carbons (Fsp3) is 0. The summed E-state index contributed by atoms with van der Waals surface area (Å²) in [5, 5.41) is 10.7. The fourth-order valence-corrected chi connectivity index (χ4v) is 2.26. The number of nitrogen functional groups attached to an aromatic ring is 1. The van der Waals surface area contributed by atoms with Crippen LogP contribution in [0.5, 0.6) is 5.75 Å². The molecule has 1 heterocycles. The van der Waals surface area contributed by atoms with Gasteiger partial charge in [0.15, 0.2) is 0 Å². The Morgan fingerprint density at radius 1 is 1.15 bits per heavy atom. The SMILES string of the molecule is Nc1ncnc2c(-c3ccc(F)c(Cl)c3)c(O)ccc12. The molecule has 3 N–H and O–H groups in total. The Morgan fingerprint density at radius 2 is 1.95 bits per heavy atom. The Balaban J connectivity index is 2.37. The molecule has 0 atom stereocenters. The predicted octanol–water partition coefficient (Wildman–Crippen LogP) is 3.38. The molecule has 0 aliphatic rings. The fourth-order valence-electron chi connectivity index (χ4n) is 2.08. The van der Waals surface area contributed by atoms with Crippen molar-refractivity contribution >= 4 is 28.3 Å². The molecule has 0 bridgehead atoms. The minimum absolute atomic E-state index is 0.0123. The van der Waals surface area contributed by atoms with E-state index in [1.807, 2.05) is 0 Å². The summed E-state index contributed by atoms with van der Waals surface area (Å²) in [4.78, 5) is 8.05. The number of rotatable bonds is 1. The topological polar surface area (TPSA) is 72.0 Å². The number of nitrogens with two attached hydrogens (primary N) is 1. The first-order valence-corrected chi connectivity index (χ1v) is 6.13. The van der Waals surface area contributed by atoms with Gasteiger partial charge in [0.25, 0.3) is 0 Å². The van der Waals surface area contributed by atoms with Crippen molar-refractivity contribution in [3.05, 3.63) is 47.5 Å². The average Bonchev–Trinajstić information content (AvgIpc) is 2.42. The molecule has 0 radical (unpaired) electrons. The summed E-state index contributed by atoms with van der Waals surface area (Å²) < 4.78 is 13.3. The first kappa shape index (κ1) is 12.6. The second-order valence-corrected chi connectivity index (χ2v) is 4.65. The molecule has 0 spiro atoms. The van der Waals surface area contributed by atoms with Gasteiger partial charge in [0.1, 0.15) is 23.7 Å². The first-order valence-electron chi connectivity index (χ1n) is 5.75. The van der Waals surface area contributed by atoms with Crippen molar-refractivity contribution in [2.45, 2.75) is 0 Å². The van der Waals surface area contributed by atoms with Crippen molar-refractivity contribution in [1.29, 1.82) is 0 Å². The largest absolute Gasteiger partial charge is 0.507 e. The van der Waals surface area contributed by atoms with E-state index >= 15 is 0 Å². The van der Waals surface area contributed by atoms with E-state index in [4.69, 9.17) is 17.3 Å². The second kappa shape index (κ2) is 4.61. The molecule has 1 aromatic heterocycles. The lowest BCUT2D eigenvalue weighted by Gasteiger charge is -2.10. The van der Waals surface area contributed by atoms with Crippen molar-refractivity contribution in [3.8, 4) is 16.9 Å². The molecular formula is C14H9ClFN3O. The van der Waals surface area contributed by atoms with Crippen LogP contribution in [0.3, 0.4) is 0 Å². The van der Waals surface area contributed by atoms with E-state index in [1.54, 1.807) is 6.07 Å². The standard InChI is InChI=1S/C14H9ClFN3O/c15-9-5-7(1-3-10(9)16)12-11(20)4-2-8-13(12)18-6-19-14(8)17/h1-6,20H,(H2,17,18,19). The van der Waals surface area contributed by atoms with Crippen LogP contribution in [0.1, 0.15) is 0 Å². The van der Waals surface area contributed by atoms with E-state index in [-0.39, 0.29) is 10.8 Å². The van der Waals surface area contributed by atoms with Crippen LogP contribution < -0.4 is 5.73 Å². The van der Waals surface area contributed by atoms with Gasteiger partial charge in [-0.25, -0.2) is 14.4 Å². The maximum Gasteiger partial charge on any atom is 0.141 e. The predicted molar refractivity (Wildman–Crippen MR) is 76.0 cm³/mol. The summed E-state index contributed by atoms with van der Waals surface area (Å²) in [6.07, 6.45) is 1.31. The number of phenols is 1. The zero-order valence-corrected chi connectivity index (χ0v) is 10.9. The molecule has 0 fully saturated rings. The summed E-state index contributed by atoms with van der Waals surface area (Å²) >= 11 is 5.78. The molecule has 0 aliphatic carbocycles. The van der Waals surface area contributed by atoms with Gasteiger partial charge in [0, 0.05) is 5.39 Å². The van der Waals surface area contributed by atoms with Crippen LogP contribution >= 0.6 is 11.6 Å². The highest BCUT2D eigenvalue weighted by Crippen LogP contribution is 2.37. The number of fused-ring (bicyclic) bond motifs is 1. The van der Waals surface area contributed by atoms with Gasteiger partial charge < -0.3 is 10.8 Å². The molecule has 3 aromatic rings. The highest BCUT2D eigenvalue weighted by atomic mass is 35.5. The van der Waals surface area contributed by atoms with Crippen LogP contribution in [0.15, 0.2) is 36.7 Å². The quantitative estimate of drug-likeness (QED) is 0.720. The lowest BCUT2D eigenvalue weighted by molar-refractivity contribution is 0.478. The second-order valence-electron chi connectivity index (χ2n) is 4.24. The Bertz CT molecular complexity index is 823. The van der Waals surface area contributed by atoms with Crippen molar-refractivity contribution in [1.82, 2.24) is 9.97 Å². The molecule has 0 unspecified atom stereocenters. The molecule has 0 amide bonds. The molecule has 6 heteroatoms. The van der Waals surface area contributed by atoms with E-state index in [9.17, 15) is 9.50 Å². The molecule has 0 saturated heterocycles.